The summed E-state index contributed by atoms with van der Waals surface area (Å²) in [6.45, 7) is 6.32. The quantitative estimate of drug-likeness (QED) is 0.702. The third-order valence-electron chi connectivity index (χ3n) is 2.63. The van der Waals surface area contributed by atoms with E-state index in [0.717, 1.165) is 12.0 Å². The lowest BCUT2D eigenvalue weighted by molar-refractivity contribution is -0.273. The lowest BCUT2D eigenvalue weighted by Gasteiger charge is -2.39. The summed E-state index contributed by atoms with van der Waals surface area (Å²) in [6, 6.07) is 10.1. The number of hydrogen-bond donors (Lipinski definition) is 0. The van der Waals surface area contributed by atoms with E-state index in [-0.39, 0.29) is 18.0 Å². The van der Waals surface area contributed by atoms with Crippen LogP contribution in [-0.2, 0) is 9.47 Å². The molecule has 2 nitrogen and oxygen atoms in total. The van der Waals surface area contributed by atoms with E-state index in [9.17, 15) is 0 Å². The molecule has 0 radical (unpaired) electrons. The van der Waals surface area contributed by atoms with Crippen LogP contribution >= 0.6 is 0 Å². The summed E-state index contributed by atoms with van der Waals surface area (Å²) in [4.78, 5) is 0. The Morgan fingerprint density at radius 3 is 2.47 bits per heavy atom. The second kappa shape index (κ2) is 3.95. The smallest absolute Gasteiger partial charge is 0.184 e. The number of hydrogen-bond acceptors (Lipinski definition) is 2. The van der Waals surface area contributed by atoms with Crippen LogP contribution in [0.25, 0.3) is 0 Å². The van der Waals surface area contributed by atoms with Gasteiger partial charge in [0.05, 0.1) is 11.7 Å². The van der Waals surface area contributed by atoms with Gasteiger partial charge in [0.15, 0.2) is 6.29 Å². The standard InChI is InChI=1S/C13H18O2/c1-10-9-13(2,3)15-12(14-10)11-7-5-4-6-8-11/h4-8,10,12H,9H2,1-3H3. The van der Waals surface area contributed by atoms with Gasteiger partial charge in [0, 0.05) is 12.0 Å². The van der Waals surface area contributed by atoms with E-state index >= 15 is 0 Å². The maximum atomic E-state index is 5.91. The summed E-state index contributed by atoms with van der Waals surface area (Å²) < 4.78 is 11.7. The van der Waals surface area contributed by atoms with Crippen LogP contribution < -0.4 is 0 Å². The van der Waals surface area contributed by atoms with Gasteiger partial charge in [0.25, 0.3) is 0 Å². The Balaban J connectivity index is 2.17. The molecule has 0 aliphatic carbocycles. The molecule has 1 heterocycles. The zero-order valence-corrected chi connectivity index (χ0v) is 9.57. The van der Waals surface area contributed by atoms with Crippen molar-refractivity contribution in [2.75, 3.05) is 0 Å². The van der Waals surface area contributed by atoms with Crippen molar-refractivity contribution in [3.05, 3.63) is 35.9 Å². The molecule has 2 rings (SSSR count). The first-order valence-electron chi connectivity index (χ1n) is 5.45. The zero-order valence-electron chi connectivity index (χ0n) is 9.57. The van der Waals surface area contributed by atoms with Gasteiger partial charge in [-0.2, -0.15) is 0 Å². The van der Waals surface area contributed by atoms with E-state index in [1.165, 1.54) is 0 Å². The van der Waals surface area contributed by atoms with Crippen LogP contribution in [0, 0.1) is 0 Å². The monoisotopic (exact) mass is 206 g/mol. The van der Waals surface area contributed by atoms with Crippen molar-refractivity contribution >= 4 is 0 Å². The van der Waals surface area contributed by atoms with E-state index in [0.29, 0.717) is 0 Å². The summed E-state index contributed by atoms with van der Waals surface area (Å²) in [6.07, 6.45) is 0.972. The lowest BCUT2D eigenvalue weighted by atomic mass is 9.99. The average Bonchev–Trinajstić information content (AvgIpc) is 2.16. The summed E-state index contributed by atoms with van der Waals surface area (Å²) in [5.74, 6) is 0. The average molecular weight is 206 g/mol. The molecule has 1 aromatic carbocycles. The van der Waals surface area contributed by atoms with E-state index in [1.54, 1.807) is 0 Å². The molecule has 0 N–H and O–H groups in total. The van der Waals surface area contributed by atoms with Crippen LogP contribution in [0.2, 0.25) is 0 Å². The van der Waals surface area contributed by atoms with Crippen molar-refractivity contribution < 1.29 is 9.47 Å². The molecule has 0 saturated carbocycles. The fourth-order valence-corrected chi connectivity index (χ4v) is 2.07. The van der Waals surface area contributed by atoms with E-state index in [4.69, 9.17) is 9.47 Å². The van der Waals surface area contributed by atoms with Crippen molar-refractivity contribution in [2.24, 2.45) is 0 Å². The molecular formula is C13H18O2. The van der Waals surface area contributed by atoms with Gasteiger partial charge in [-0.1, -0.05) is 30.3 Å². The molecule has 1 saturated heterocycles. The highest BCUT2D eigenvalue weighted by Gasteiger charge is 2.33. The molecule has 0 aromatic heterocycles. The highest BCUT2D eigenvalue weighted by atomic mass is 16.7. The summed E-state index contributed by atoms with van der Waals surface area (Å²) in [5, 5.41) is 0. The predicted molar refractivity (Wildman–Crippen MR) is 59.5 cm³/mol. The third-order valence-corrected chi connectivity index (χ3v) is 2.63. The molecular weight excluding hydrogens is 188 g/mol. The Morgan fingerprint density at radius 2 is 1.87 bits per heavy atom. The summed E-state index contributed by atoms with van der Waals surface area (Å²) >= 11 is 0. The van der Waals surface area contributed by atoms with Gasteiger partial charge >= 0.3 is 0 Å². The van der Waals surface area contributed by atoms with Gasteiger partial charge in [-0.25, -0.2) is 0 Å². The van der Waals surface area contributed by atoms with E-state index in [2.05, 4.69) is 20.8 Å². The molecule has 2 atom stereocenters. The molecule has 2 unspecified atom stereocenters. The van der Waals surface area contributed by atoms with Crippen LogP contribution in [0.15, 0.2) is 30.3 Å². The molecule has 2 heteroatoms. The molecule has 0 bridgehead atoms. The topological polar surface area (TPSA) is 18.5 Å². The van der Waals surface area contributed by atoms with Crippen LogP contribution in [0.5, 0.6) is 0 Å². The van der Waals surface area contributed by atoms with E-state index < -0.39 is 0 Å². The maximum absolute atomic E-state index is 5.91. The van der Waals surface area contributed by atoms with Gasteiger partial charge in [-0.15, -0.1) is 0 Å². The van der Waals surface area contributed by atoms with Crippen LogP contribution in [0.4, 0.5) is 0 Å². The molecule has 0 amide bonds. The number of benzene rings is 1. The third kappa shape index (κ3) is 2.58. The zero-order chi connectivity index (χ0) is 10.9. The number of ether oxygens (including phenoxy) is 2. The molecule has 1 fully saturated rings. The van der Waals surface area contributed by atoms with Crippen LogP contribution in [-0.4, -0.2) is 11.7 Å². The van der Waals surface area contributed by atoms with Gasteiger partial charge in [0.2, 0.25) is 0 Å². The minimum atomic E-state index is -0.218. The second-order valence-electron chi connectivity index (χ2n) is 4.77. The Bertz CT molecular complexity index is 319. The normalized spacial score (nSPS) is 30.1. The number of rotatable bonds is 1. The van der Waals surface area contributed by atoms with Crippen molar-refractivity contribution in [3.63, 3.8) is 0 Å². The first kappa shape index (κ1) is 10.7. The van der Waals surface area contributed by atoms with Crippen molar-refractivity contribution in [3.8, 4) is 0 Å². The molecule has 82 valence electrons. The Hall–Kier alpha value is -0.860. The maximum Gasteiger partial charge on any atom is 0.184 e. The Kier molecular flexibility index (Phi) is 2.81. The molecule has 1 aliphatic rings. The minimum absolute atomic E-state index is 0.0990. The van der Waals surface area contributed by atoms with Gasteiger partial charge in [0.1, 0.15) is 0 Å². The van der Waals surface area contributed by atoms with Crippen molar-refractivity contribution in [2.45, 2.75) is 45.2 Å². The SMILES string of the molecule is CC1CC(C)(C)OC(c2ccccc2)O1. The first-order chi connectivity index (χ1) is 7.07. The fraction of sp³-hybridized carbons (Fsp3) is 0.538. The predicted octanol–water partition coefficient (Wildman–Crippen LogP) is 3.29. The molecule has 15 heavy (non-hydrogen) atoms. The summed E-state index contributed by atoms with van der Waals surface area (Å²) in [7, 11) is 0. The largest absolute Gasteiger partial charge is 0.345 e. The molecule has 1 aliphatic heterocycles. The Labute approximate surface area is 91.2 Å². The molecule has 0 spiro atoms. The Morgan fingerprint density at radius 1 is 1.20 bits per heavy atom. The van der Waals surface area contributed by atoms with Crippen LogP contribution in [0.3, 0.4) is 0 Å². The van der Waals surface area contributed by atoms with Gasteiger partial charge in [-0.05, 0) is 20.8 Å². The fourth-order valence-electron chi connectivity index (χ4n) is 2.07. The van der Waals surface area contributed by atoms with Crippen molar-refractivity contribution in [1.29, 1.82) is 0 Å². The minimum Gasteiger partial charge on any atom is -0.345 e. The molecule has 1 aromatic rings. The van der Waals surface area contributed by atoms with Gasteiger partial charge in [-0.3, -0.25) is 0 Å². The highest BCUT2D eigenvalue weighted by Crippen LogP contribution is 2.35. The lowest BCUT2D eigenvalue weighted by Crippen LogP contribution is -2.38. The second-order valence-corrected chi connectivity index (χ2v) is 4.77. The van der Waals surface area contributed by atoms with Crippen LogP contribution in [0.1, 0.15) is 39.0 Å². The first-order valence-corrected chi connectivity index (χ1v) is 5.45. The summed E-state index contributed by atoms with van der Waals surface area (Å²) in [5.41, 5.74) is 0.996. The highest BCUT2D eigenvalue weighted by molar-refractivity contribution is 5.16. The van der Waals surface area contributed by atoms with E-state index in [1.807, 2.05) is 30.3 Å². The van der Waals surface area contributed by atoms with Gasteiger partial charge < -0.3 is 9.47 Å². The van der Waals surface area contributed by atoms with Crippen molar-refractivity contribution in [1.82, 2.24) is 0 Å².